The van der Waals surface area contributed by atoms with Gasteiger partial charge in [0, 0.05) is 31.6 Å². The van der Waals surface area contributed by atoms with E-state index in [0.29, 0.717) is 5.92 Å². The molecule has 112 valence electrons. The Bertz CT molecular complexity index is 460. The van der Waals surface area contributed by atoms with Gasteiger partial charge in [-0.25, -0.2) is 9.97 Å². The first kappa shape index (κ1) is 15.1. The quantitative estimate of drug-likeness (QED) is 0.918. The van der Waals surface area contributed by atoms with Gasteiger partial charge in [-0.1, -0.05) is 27.7 Å². The van der Waals surface area contributed by atoms with Crippen molar-refractivity contribution in [1.82, 2.24) is 9.97 Å². The van der Waals surface area contributed by atoms with Crippen LogP contribution in [0.5, 0.6) is 0 Å². The first-order valence-corrected chi connectivity index (χ1v) is 7.73. The fourth-order valence-electron chi connectivity index (χ4n) is 3.17. The predicted octanol–water partition coefficient (Wildman–Crippen LogP) is 3.43. The maximum Gasteiger partial charge on any atom is 0.137 e. The molecule has 0 aliphatic carbocycles. The Morgan fingerprint density at radius 3 is 2.25 bits per heavy atom. The Labute approximate surface area is 123 Å². The van der Waals surface area contributed by atoms with Gasteiger partial charge in [0.15, 0.2) is 0 Å². The van der Waals surface area contributed by atoms with Gasteiger partial charge in [0.2, 0.25) is 0 Å². The standard InChI is InChI=1S/C16H28N4/c1-10(2)14-18-15(17-6)13(5)16(19-14)20-8-11(3)7-12(4)9-20/h10-12H,7-9H2,1-6H3,(H,17,18,19). The summed E-state index contributed by atoms with van der Waals surface area (Å²) in [4.78, 5) is 11.9. The SMILES string of the molecule is CNc1nc(C(C)C)nc(N2CC(C)CC(C)C2)c1C. The van der Waals surface area contributed by atoms with E-state index in [1.54, 1.807) is 0 Å². The largest absolute Gasteiger partial charge is 0.373 e. The maximum absolute atomic E-state index is 4.85. The molecule has 4 nitrogen and oxygen atoms in total. The molecule has 1 fully saturated rings. The summed E-state index contributed by atoms with van der Waals surface area (Å²) < 4.78 is 0. The first-order valence-electron chi connectivity index (χ1n) is 7.73. The average molecular weight is 276 g/mol. The highest BCUT2D eigenvalue weighted by Gasteiger charge is 2.25. The summed E-state index contributed by atoms with van der Waals surface area (Å²) >= 11 is 0. The van der Waals surface area contributed by atoms with Gasteiger partial charge in [-0.3, -0.25) is 0 Å². The summed E-state index contributed by atoms with van der Waals surface area (Å²) in [5, 5.41) is 3.21. The third-order valence-corrected chi connectivity index (χ3v) is 4.06. The van der Waals surface area contributed by atoms with Gasteiger partial charge in [0.1, 0.15) is 17.5 Å². The minimum atomic E-state index is 0.348. The van der Waals surface area contributed by atoms with Gasteiger partial charge in [-0.05, 0) is 25.2 Å². The lowest BCUT2D eigenvalue weighted by Crippen LogP contribution is -2.39. The second-order valence-corrected chi connectivity index (χ2v) is 6.63. The monoisotopic (exact) mass is 276 g/mol. The molecule has 1 aliphatic rings. The molecular weight excluding hydrogens is 248 g/mol. The zero-order valence-electron chi connectivity index (χ0n) is 13.7. The molecule has 1 aromatic heterocycles. The van der Waals surface area contributed by atoms with E-state index < -0.39 is 0 Å². The van der Waals surface area contributed by atoms with E-state index in [2.05, 4.69) is 49.8 Å². The van der Waals surface area contributed by atoms with Crippen molar-refractivity contribution in [3.05, 3.63) is 11.4 Å². The molecule has 1 aliphatic heterocycles. The van der Waals surface area contributed by atoms with Gasteiger partial charge in [-0.15, -0.1) is 0 Å². The van der Waals surface area contributed by atoms with Crippen LogP contribution in [-0.2, 0) is 0 Å². The number of rotatable bonds is 3. The van der Waals surface area contributed by atoms with E-state index in [1.807, 2.05) is 7.05 Å². The summed E-state index contributed by atoms with van der Waals surface area (Å²) in [7, 11) is 1.94. The first-order chi connectivity index (χ1) is 9.42. The maximum atomic E-state index is 4.85. The zero-order valence-corrected chi connectivity index (χ0v) is 13.7. The Balaban J connectivity index is 2.41. The molecule has 2 atom stereocenters. The summed E-state index contributed by atoms with van der Waals surface area (Å²) in [5.41, 5.74) is 1.17. The average Bonchev–Trinajstić information content (AvgIpc) is 2.37. The van der Waals surface area contributed by atoms with Crippen molar-refractivity contribution in [3.8, 4) is 0 Å². The number of hydrogen-bond acceptors (Lipinski definition) is 4. The van der Waals surface area contributed by atoms with Crippen molar-refractivity contribution in [2.45, 2.75) is 47.0 Å². The van der Waals surface area contributed by atoms with Crippen molar-refractivity contribution in [2.75, 3.05) is 30.4 Å². The van der Waals surface area contributed by atoms with Crippen LogP contribution in [0.1, 0.15) is 51.4 Å². The fourth-order valence-corrected chi connectivity index (χ4v) is 3.17. The Morgan fingerprint density at radius 1 is 1.15 bits per heavy atom. The van der Waals surface area contributed by atoms with E-state index in [4.69, 9.17) is 4.98 Å². The number of aromatic nitrogens is 2. The molecule has 0 amide bonds. The van der Waals surface area contributed by atoms with Crippen LogP contribution in [0.15, 0.2) is 0 Å². The lowest BCUT2D eigenvalue weighted by atomic mass is 9.92. The molecule has 0 spiro atoms. The zero-order chi connectivity index (χ0) is 14.9. The highest BCUT2D eigenvalue weighted by Crippen LogP contribution is 2.30. The third-order valence-electron chi connectivity index (χ3n) is 4.06. The number of anilines is 2. The minimum absolute atomic E-state index is 0.348. The van der Waals surface area contributed by atoms with E-state index in [9.17, 15) is 0 Å². The molecule has 1 aromatic rings. The predicted molar refractivity (Wildman–Crippen MR) is 85.6 cm³/mol. The molecule has 2 unspecified atom stereocenters. The van der Waals surface area contributed by atoms with Crippen molar-refractivity contribution in [2.24, 2.45) is 11.8 Å². The van der Waals surface area contributed by atoms with Crippen LogP contribution >= 0.6 is 0 Å². The fraction of sp³-hybridized carbons (Fsp3) is 0.750. The van der Waals surface area contributed by atoms with Gasteiger partial charge in [0.05, 0.1) is 0 Å². The van der Waals surface area contributed by atoms with Crippen LogP contribution < -0.4 is 10.2 Å². The van der Waals surface area contributed by atoms with Gasteiger partial charge in [0.25, 0.3) is 0 Å². The molecule has 0 bridgehead atoms. The van der Waals surface area contributed by atoms with Gasteiger partial charge in [-0.2, -0.15) is 0 Å². The molecule has 20 heavy (non-hydrogen) atoms. The summed E-state index contributed by atoms with van der Waals surface area (Å²) in [6, 6.07) is 0. The van der Waals surface area contributed by atoms with Crippen molar-refractivity contribution in [1.29, 1.82) is 0 Å². The topological polar surface area (TPSA) is 41.1 Å². The van der Waals surface area contributed by atoms with E-state index in [-0.39, 0.29) is 0 Å². The highest BCUT2D eigenvalue weighted by atomic mass is 15.2. The summed E-state index contributed by atoms with van der Waals surface area (Å²) in [6.45, 7) is 13.3. The van der Waals surface area contributed by atoms with Crippen molar-refractivity contribution < 1.29 is 0 Å². The molecule has 1 saturated heterocycles. The number of piperidine rings is 1. The van der Waals surface area contributed by atoms with Gasteiger partial charge < -0.3 is 10.2 Å². The summed E-state index contributed by atoms with van der Waals surface area (Å²) in [6.07, 6.45) is 1.32. The van der Waals surface area contributed by atoms with Crippen LogP contribution in [0.25, 0.3) is 0 Å². The molecule has 2 heterocycles. The van der Waals surface area contributed by atoms with E-state index in [0.717, 1.165) is 42.4 Å². The van der Waals surface area contributed by atoms with Crippen molar-refractivity contribution in [3.63, 3.8) is 0 Å². The Hall–Kier alpha value is -1.32. The minimum Gasteiger partial charge on any atom is -0.373 e. The van der Waals surface area contributed by atoms with E-state index >= 15 is 0 Å². The number of nitrogens with one attached hydrogen (secondary N) is 1. The van der Waals surface area contributed by atoms with Crippen LogP contribution in [-0.4, -0.2) is 30.1 Å². The summed E-state index contributed by atoms with van der Waals surface area (Å²) in [5.74, 6) is 4.82. The lowest BCUT2D eigenvalue weighted by molar-refractivity contribution is 0.354. The van der Waals surface area contributed by atoms with Crippen molar-refractivity contribution >= 4 is 11.6 Å². The molecular formula is C16H28N4. The molecule has 1 N–H and O–H groups in total. The van der Waals surface area contributed by atoms with Gasteiger partial charge >= 0.3 is 0 Å². The van der Waals surface area contributed by atoms with E-state index in [1.165, 1.54) is 12.0 Å². The highest BCUT2D eigenvalue weighted by molar-refractivity contribution is 5.58. The molecule has 2 rings (SSSR count). The van der Waals surface area contributed by atoms with Crippen LogP contribution in [0.2, 0.25) is 0 Å². The molecule has 0 radical (unpaired) electrons. The smallest absolute Gasteiger partial charge is 0.137 e. The number of hydrogen-bond donors (Lipinski definition) is 1. The third kappa shape index (κ3) is 3.05. The molecule has 0 saturated carbocycles. The van der Waals surface area contributed by atoms with Crippen LogP contribution in [0, 0.1) is 18.8 Å². The lowest BCUT2D eigenvalue weighted by Gasteiger charge is -2.37. The molecule has 0 aromatic carbocycles. The Kier molecular flexibility index (Phi) is 4.51. The van der Waals surface area contributed by atoms with Crippen LogP contribution in [0.3, 0.4) is 0 Å². The second-order valence-electron chi connectivity index (χ2n) is 6.63. The normalized spacial score (nSPS) is 23.2. The number of nitrogens with zero attached hydrogens (tertiary/aromatic N) is 3. The molecule has 4 heteroatoms. The van der Waals surface area contributed by atoms with Crippen LogP contribution in [0.4, 0.5) is 11.6 Å². The second kappa shape index (κ2) is 5.98. The Morgan fingerprint density at radius 2 is 1.75 bits per heavy atom.